The summed E-state index contributed by atoms with van der Waals surface area (Å²) in [6.45, 7) is 4.11. The van der Waals surface area contributed by atoms with E-state index < -0.39 is 16.0 Å². The lowest BCUT2D eigenvalue weighted by Crippen LogP contribution is -2.12. The highest BCUT2D eigenvalue weighted by molar-refractivity contribution is 7.92. The van der Waals surface area contributed by atoms with Crippen LogP contribution in [0.25, 0.3) is 0 Å². The summed E-state index contributed by atoms with van der Waals surface area (Å²) in [5.74, 6) is -0.770. The van der Waals surface area contributed by atoms with Gasteiger partial charge in [0.15, 0.2) is 0 Å². The number of thiophene rings is 1. The van der Waals surface area contributed by atoms with Crippen LogP contribution in [0.15, 0.2) is 40.6 Å². The van der Waals surface area contributed by atoms with Crippen LogP contribution in [-0.2, 0) is 10.0 Å². The number of sulfonamides is 1. The van der Waals surface area contributed by atoms with E-state index in [4.69, 9.17) is 5.11 Å². The lowest BCUT2D eigenvalue weighted by Gasteiger charge is -2.09. The average Bonchev–Trinajstić information content (AvgIpc) is 2.89. The fraction of sp³-hybridized carbons (Fsp3) is 0.214. The fourth-order valence-corrected chi connectivity index (χ4v) is 3.89. The molecule has 0 aliphatic carbocycles. The van der Waals surface area contributed by atoms with E-state index in [0.717, 1.165) is 23.0 Å². The third-order valence-electron chi connectivity index (χ3n) is 2.93. The van der Waals surface area contributed by atoms with Crippen LogP contribution in [0.4, 0.5) is 5.69 Å². The Morgan fingerprint density at radius 2 is 1.86 bits per heavy atom. The van der Waals surface area contributed by atoms with Gasteiger partial charge < -0.3 is 5.11 Å². The highest BCUT2D eigenvalue weighted by Crippen LogP contribution is 2.23. The molecule has 21 heavy (non-hydrogen) atoms. The van der Waals surface area contributed by atoms with Gasteiger partial charge in [-0.2, -0.15) is 0 Å². The number of carboxylic acids is 1. The van der Waals surface area contributed by atoms with Crippen LogP contribution in [0.1, 0.15) is 35.0 Å². The average molecular weight is 325 g/mol. The maximum absolute atomic E-state index is 12.2. The highest BCUT2D eigenvalue weighted by Gasteiger charge is 2.18. The van der Waals surface area contributed by atoms with Crippen LogP contribution in [0.2, 0.25) is 0 Å². The first-order valence-corrected chi connectivity index (χ1v) is 8.60. The molecule has 5 nitrogen and oxygen atoms in total. The molecule has 0 saturated heterocycles. The Labute approximate surface area is 127 Å². The van der Waals surface area contributed by atoms with Crippen molar-refractivity contribution in [3.05, 3.63) is 46.2 Å². The van der Waals surface area contributed by atoms with Gasteiger partial charge in [0, 0.05) is 11.1 Å². The molecule has 0 spiro atoms. The maximum atomic E-state index is 12.2. The Balaban J connectivity index is 2.22. The lowest BCUT2D eigenvalue weighted by molar-refractivity contribution is 0.0702. The van der Waals surface area contributed by atoms with Crippen molar-refractivity contribution in [2.75, 3.05) is 4.72 Å². The zero-order valence-corrected chi connectivity index (χ0v) is 13.2. The van der Waals surface area contributed by atoms with E-state index in [1.807, 2.05) is 12.1 Å². The number of anilines is 1. The molecule has 0 atom stereocenters. The molecule has 2 N–H and O–H groups in total. The van der Waals surface area contributed by atoms with E-state index in [-0.39, 0.29) is 9.77 Å². The van der Waals surface area contributed by atoms with Gasteiger partial charge in [-0.25, -0.2) is 13.2 Å². The number of aromatic carboxylic acids is 1. The number of nitrogens with one attached hydrogen (secondary N) is 1. The van der Waals surface area contributed by atoms with Crippen molar-refractivity contribution in [2.45, 2.75) is 24.7 Å². The van der Waals surface area contributed by atoms with Crippen molar-refractivity contribution in [1.29, 1.82) is 0 Å². The summed E-state index contributed by atoms with van der Waals surface area (Å²) in [5.41, 5.74) is 1.56. The normalized spacial score (nSPS) is 11.6. The highest BCUT2D eigenvalue weighted by atomic mass is 32.2. The number of carboxylic acid groups (broad SMARTS) is 1. The molecule has 0 aliphatic rings. The van der Waals surface area contributed by atoms with Gasteiger partial charge in [0.05, 0.1) is 4.90 Å². The predicted molar refractivity (Wildman–Crippen MR) is 82.6 cm³/mol. The van der Waals surface area contributed by atoms with Gasteiger partial charge in [-0.15, -0.1) is 11.3 Å². The second-order valence-electron chi connectivity index (χ2n) is 4.83. The minimum atomic E-state index is -3.76. The third kappa shape index (κ3) is 3.62. The van der Waals surface area contributed by atoms with Crippen LogP contribution in [0, 0.1) is 0 Å². The molecule has 0 bridgehead atoms. The van der Waals surface area contributed by atoms with Crippen LogP contribution in [0.3, 0.4) is 0 Å². The Morgan fingerprint density at radius 3 is 2.33 bits per heavy atom. The molecule has 112 valence electrons. The number of benzene rings is 1. The molecule has 1 aromatic carbocycles. The molecule has 0 radical (unpaired) electrons. The first kappa shape index (κ1) is 15.5. The number of carbonyl (C=O) groups is 1. The summed E-state index contributed by atoms with van der Waals surface area (Å²) in [6.07, 6.45) is 0. The first-order valence-electron chi connectivity index (χ1n) is 6.24. The van der Waals surface area contributed by atoms with Gasteiger partial charge in [0.1, 0.15) is 4.88 Å². The molecule has 0 fully saturated rings. The SMILES string of the molecule is CC(C)c1ccc(NS(=O)(=O)c2csc(C(=O)O)c2)cc1. The Kier molecular flexibility index (Phi) is 4.34. The second kappa shape index (κ2) is 5.87. The van der Waals surface area contributed by atoms with Gasteiger partial charge in [-0.1, -0.05) is 26.0 Å². The number of hydrogen-bond donors (Lipinski definition) is 2. The fourth-order valence-electron chi connectivity index (χ4n) is 1.72. The molecule has 0 saturated carbocycles. The van der Waals surface area contributed by atoms with Crippen molar-refractivity contribution in [3.63, 3.8) is 0 Å². The van der Waals surface area contributed by atoms with E-state index in [1.54, 1.807) is 12.1 Å². The van der Waals surface area contributed by atoms with Crippen LogP contribution in [-0.4, -0.2) is 19.5 Å². The van der Waals surface area contributed by atoms with E-state index >= 15 is 0 Å². The summed E-state index contributed by atoms with van der Waals surface area (Å²) in [7, 11) is -3.76. The van der Waals surface area contributed by atoms with Crippen molar-refractivity contribution in [1.82, 2.24) is 0 Å². The Hall–Kier alpha value is -1.86. The van der Waals surface area contributed by atoms with Crippen LogP contribution >= 0.6 is 11.3 Å². The summed E-state index contributed by atoms with van der Waals surface area (Å²) in [6, 6.07) is 8.25. The minimum absolute atomic E-state index is 0.00877. The second-order valence-corrected chi connectivity index (χ2v) is 7.43. The first-order chi connectivity index (χ1) is 9.79. The van der Waals surface area contributed by atoms with E-state index in [9.17, 15) is 13.2 Å². The minimum Gasteiger partial charge on any atom is -0.477 e. The topological polar surface area (TPSA) is 83.5 Å². The molecular weight excluding hydrogens is 310 g/mol. The summed E-state index contributed by atoms with van der Waals surface area (Å²) in [4.78, 5) is 10.7. The third-order valence-corrected chi connectivity index (χ3v) is 5.35. The Bertz CT molecular complexity index is 746. The van der Waals surface area contributed by atoms with Gasteiger partial charge in [0.25, 0.3) is 10.0 Å². The number of rotatable bonds is 5. The maximum Gasteiger partial charge on any atom is 0.345 e. The molecule has 0 aliphatic heterocycles. The predicted octanol–water partition coefficient (Wildman–Crippen LogP) is 3.37. The van der Waals surface area contributed by atoms with Gasteiger partial charge >= 0.3 is 5.97 Å². The van der Waals surface area contributed by atoms with Crippen molar-refractivity contribution >= 4 is 33.0 Å². The summed E-state index contributed by atoms with van der Waals surface area (Å²) in [5, 5.41) is 10.1. The molecule has 0 amide bonds. The molecule has 2 rings (SSSR count). The van der Waals surface area contributed by atoms with Gasteiger partial charge in [-0.05, 0) is 29.7 Å². The zero-order valence-electron chi connectivity index (χ0n) is 11.5. The summed E-state index contributed by atoms with van der Waals surface area (Å²) >= 11 is 0.883. The standard InChI is InChI=1S/C14H15NO4S2/c1-9(2)10-3-5-11(6-4-10)15-21(18,19)12-7-13(14(16)17)20-8-12/h3-9,15H,1-2H3,(H,16,17). The van der Waals surface area contributed by atoms with Crippen molar-refractivity contribution < 1.29 is 18.3 Å². The van der Waals surface area contributed by atoms with Crippen LogP contribution in [0.5, 0.6) is 0 Å². The van der Waals surface area contributed by atoms with E-state index in [1.165, 1.54) is 5.38 Å². The van der Waals surface area contributed by atoms with Gasteiger partial charge in [-0.3, -0.25) is 4.72 Å². The molecule has 1 aromatic heterocycles. The van der Waals surface area contributed by atoms with Crippen molar-refractivity contribution in [2.24, 2.45) is 0 Å². The molecule has 2 aromatic rings. The molecule has 0 unspecified atom stereocenters. The number of hydrogen-bond acceptors (Lipinski definition) is 4. The van der Waals surface area contributed by atoms with Crippen molar-refractivity contribution in [3.8, 4) is 0 Å². The largest absolute Gasteiger partial charge is 0.477 e. The molecular formula is C14H15NO4S2. The molecule has 1 heterocycles. The van der Waals surface area contributed by atoms with E-state index in [2.05, 4.69) is 18.6 Å². The molecule has 7 heteroatoms. The van der Waals surface area contributed by atoms with E-state index in [0.29, 0.717) is 11.6 Å². The van der Waals surface area contributed by atoms with Gasteiger partial charge in [0.2, 0.25) is 0 Å². The zero-order chi connectivity index (χ0) is 15.6. The van der Waals surface area contributed by atoms with Crippen LogP contribution < -0.4 is 4.72 Å². The Morgan fingerprint density at radius 1 is 1.24 bits per heavy atom. The quantitative estimate of drug-likeness (QED) is 0.883. The summed E-state index contributed by atoms with van der Waals surface area (Å²) < 4.78 is 26.8. The lowest BCUT2D eigenvalue weighted by atomic mass is 10.0. The smallest absolute Gasteiger partial charge is 0.345 e. The monoisotopic (exact) mass is 325 g/mol.